The SMILES string of the molecule is Cc1cccc(NC(=O)CCC2CN(C)C(=O)O2)c1C. The van der Waals surface area contributed by atoms with Gasteiger partial charge in [0.15, 0.2) is 0 Å². The van der Waals surface area contributed by atoms with Crippen molar-refractivity contribution in [3.8, 4) is 0 Å². The van der Waals surface area contributed by atoms with E-state index in [1.54, 1.807) is 7.05 Å². The molecule has 5 heteroatoms. The first kappa shape index (κ1) is 14.4. The zero-order valence-electron chi connectivity index (χ0n) is 12.1. The molecule has 1 heterocycles. The van der Waals surface area contributed by atoms with Gasteiger partial charge in [-0.3, -0.25) is 4.79 Å². The number of nitrogens with one attached hydrogen (secondary N) is 1. The summed E-state index contributed by atoms with van der Waals surface area (Å²) >= 11 is 0. The van der Waals surface area contributed by atoms with E-state index in [9.17, 15) is 9.59 Å². The molecule has 1 aliphatic heterocycles. The highest BCUT2D eigenvalue weighted by Crippen LogP contribution is 2.19. The maximum Gasteiger partial charge on any atom is 0.409 e. The minimum atomic E-state index is -0.315. The number of amides is 2. The molecule has 1 atom stereocenters. The Morgan fingerprint density at radius 1 is 1.45 bits per heavy atom. The molecular formula is C15H20N2O3. The summed E-state index contributed by atoms with van der Waals surface area (Å²) in [7, 11) is 1.69. The molecule has 0 saturated carbocycles. The summed E-state index contributed by atoms with van der Waals surface area (Å²) in [5.74, 6) is -0.0516. The number of carbonyl (C=O) groups excluding carboxylic acids is 2. The van der Waals surface area contributed by atoms with Crippen LogP contribution < -0.4 is 5.32 Å². The third-order valence-electron chi connectivity index (χ3n) is 3.63. The van der Waals surface area contributed by atoms with Gasteiger partial charge in [-0.05, 0) is 37.5 Å². The number of hydrogen-bond acceptors (Lipinski definition) is 3. The van der Waals surface area contributed by atoms with Crippen molar-refractivity contribution >= 4 is 17.7 Å². The fraction of sp³-hybridized carbons (Fsp3) is 0.467. The molecule has 20 heavy (non-hydrogen) atoms. The van der Waals surface area contributed by atoms with Crippen molar-refractivity contribution in [3.63, 3.8) is 0 Å². The Balaban J connectivity index is 1.84. The fourth-order valence-corrected chi connectivity index (χ4v) is 2.19. The predicted octanol–water partition coefficient (Wildman–Crippen LogP) is 2.47. The maximum atomic E-state index is 11.9. The van der Waals surface area contributed by atoms with Crippen molar-refractivity contribution in [3.05, 3.63) is 29.3 Å². The van der Waals surface area contributed by atoms with Gasteiger partial charge in [-0.2, -0.15) is 0 Å². The van der Waals surface area contributed by atoms with E-state index >= 15 is 0 Å². The molecule has 0 spiro atoms. The number of rotatable bonds is 4. The first-order valence-corrected chi connectivity index (χ1v) is 6.75. The number of nitrogens with zero attached hydrogens (tertiary/aromatic N) is 1. The van der Waals surface area contributed by atoms with Crippen LogP contribution in [0.15, 0.2) is 18.2 Å². The number of ether oxygens (including phenoxy) is 1. The Hall–Kier alpha value is -2.04. The van der Waals surface area contributed by atoms with Crippen molar-refractivity contribution in [2.45, 2.75) is 32.8 Å². The Morgan fingerprint density at radius 3 is 2.85 bits per heavy atom. The largest absolute Gasteiger partial charge is 0.444 e. The lowest BCUT2D eigenvalue weighted by Gasteiger charge is -2.11. The van der Waals surface area contributed by atoms with E-state index in [2.05, 4.69) is 5.32 Å². The summed E-state index contributed by atoms with van der Waals surface area (Å²) in [6.45, 7) is 4.55. The molecule has 1 aromatic carbocycles. The van der Waals surface area contributed by atoms with E-state index < -0.39 is 0 Å². The van der Waals surface area contributed by atoms with E-state index in [4.69, 9.17) is 4.74 Å². The number of aryl methyl sites for hydroxylation is 1. The second kappa shape index (κ2) is 5.94. The Bertz CT molecular complexity index is 528. The van der Waals surface area contributed by atoms with Gasteiger partial charge in [0.1, 0.15) is 6.10 Å². The highest BCUT2D eigenvalue weighted by atomic mass is 16.6. The van der Waals surface area contributed by atoms with Gasteiger partial charge in [-0.25, -0.2) is 4.79 Å². The lowest BCUT2D eigenvalue weighted by Crippen LogP contribution is -2.20. The number of benzene rings is 1. The van der Waals surface area contributed by atoms with E-state index in [-0.39, 0.29) is 18.1 Å². The van der Waals surface area contributed by atoms with E-state index in [0.29, 0.717) is 19.4 Å². The second-order valence-corrected chi connectivity index (χ2v) is 5.22. The highest BCUT2D eigenvalue weighted by molar-refractivity contribution is 5.91. The van der Waals surface area contributed by atoms with Gasteiger partial charge in [0.05, 0.1) is 6.54 Å². The van der Waals surface area contributed by atoms with Gasteiger partial charge in [-0.1, -0.05) is 12.1 Å². The van der Waals surface area contributed by atoms with Crippen LogP contribution in [-0.2, 0) is 9.53 Å². The second-order valence-electron chi connectivity index (χ2n) is 5.22. The molecule has 0 aromatic heterocycles. The molecule has 1 N–H and O–H groups in total. The quantitative estimate of drug-likeness (QED) is 0.919. The normalized spacial score (nSPS) is 18.1. The molecule has 108 valence electrons. The molecule has 1 fully saturated rings. The standard InChI is InChI=1S/C15H20N2O3/c1-10-5-4-6-13(11(10)2)16-14(18)8-7-12-9-17(3)15(19)20-12/h4-6,12H,7-9H2,1-3H3,(H,16,18). The molecular weight excluding hydrogens is 256 g/mol. The molecule has 0 bridgehead atoms. The summed E-state index contributed by atoms with van der Waals surface area (Å²) in [5, 5.41) is 2.90. The third-order valence-corrected chi connectivity index (χ3v) is 3.63. The molecule has 2 amide bonds. The number of cyclic esters (lactones) is 1. The molecule has 5 nitrogen and oxygen atoms in total. The van der Waals surface area contributed by atoms with Crippen molar-refractivity contribution < 1.29 is 14.3 Å². The number of likely N-dealkylation sites (N-methyl/N-ethyl adjacent to an activating group) is 1. The van der Waals surface area contributed by atoms with Crippen molar-refractivity contribution in [1.82, 2.24) is 4.90 Å². The van der Waals surface area contributed by atoms with Crippen LogP contribution in [0.5, 0.6) is 0 Å². The molecule has 1 unspecified atom stereocenters. The van der Waals surface area contributed by atoms with Crippen LogP contribution >= 0.6 is 0 Å². The van der Waals surface area contributed by atoms with Crippen molar-refractivity contribution in [1.29, 1.82) is 0 Å². The number of carbonyl (C=O) groups is 2. The lowest BCUT2D eigenvalue weighted by molar-refractivity contribution is -0.116. The highest BCUT2D eigenvalue weighted by Gasteiger charge is 2.28. The summed E-state index contributed by atoms with van der Waals surface area (Å²) in [6.07, 6.45) is 0.396. The summed E-state index contributed by atoms with van der Waals surface area (Å²) in [6, 6.07) is 5.83. The lowest BCUT2D eigenvalue weighted by atomic mass is 10.1. The maximum absolute atomic E-state index is 11.9. The van der Waals surface area contributed by atoms with Crippen LogP contribution in [0.25, 0.3) is 0 Å². The average molecular weight is 276 g/mol. The Morgan fingerprint density at radius 2 is 2.20 bits per heavy atom. The fourth-order valence-electron chi connectivity index (χ4n) is 2.19. The van der Waals surface area contributed by atoms with Gasteiger partial charge in [-0.15, -0.1) is 0 Å². The molecule has 1 saturated heterocycles. The van der Waals surface area contributed by atoms with Gasteiger partial charge in [0.25, 0.3) is 0 Å². The average Bonchev–Trinajstić information content (AvgIpc) is 2.72. The third kappa shape index (κ3) is 3.29. The molecule has 2 rings (SSSR count). The Kier molecular flexibility index (Phi) is 4.27. The van der Waals surface area contributed by atoms with Crippen LogP contribution in [0.1, 0.15) is 24.0 Å². The van der Waals surface area contributed by atoms with Crippen LogP contribution in [0.4, 0.5) is 10.5 Å². The molecule has 0 aliphatic carbocycles. The first-order valence-electron chi connectivity index (χ1n) is 6.75. The summed E-state index contributed by atoms with van der Waals surface area (Å²) < 4.78 is 5.12. The zero-order valence-corrected chi connectivity index (χ0v) is 12.1. The zero-order chi connectivity index (χ0) is 14.7. The molecule has 1 aromatic rings. The van der Waals surface area contributed by atoms with Crippen molar-refractivity contribution in [2.24, 2.45) is 0 Å². The van der Waals surface area contributed by atoms with Crippen LogP contribution in [0.2, 0.25) is 0 Å². The number of hydrogen-bond donors (Lipinski definition) is 1. The number of anilines is 1. The molecule has 0 radical (unpaired) electrons. The predicted molar refractivity (Wildman–Crippen MR) is 76.7 cm³/mol. The van der Waals surface area contributed by atoms with Crippen LogP contribution in [-0.4, -0.2) is 36.6 Å². The van der Waals surface area contributed by atoms with Gasteiger partial charge < -0.3 is 15.0 Å². The smallest absolute Gasteiger partial charge is 0.409 e. The minimum absolute atomic E-state index is 0.0516. The van der Waals surface area contributed by atoms with Crippen LogP contribution in [0.3, 0.4) is 0 Å². The van der Waals surface area contributed by atoms with E-state index in [0.717, 1.165) is 16.8 Å². The van der Waals surface area contributed by atoms with E-state index in [1.165, 1.54) is 4.90 Å². The topological polar surface area (TPSA) is 58.6 Å². The Labute approximate surface area is 118 Å². The first-order chi connectivity index (χ1) is 9.47. The van der Waals surface area contributed by atoms with Crippen molar-refractivity contribution in [2.75, 3.05) is 18.9 Å². The van der Waals surface area contributed by atoms with Gasteiger partial charge in [0.2, 0.25) is 5.91 Å². The molecule has 1 aliphatic rings. The summed E-state index contributed by atoms with van der Waals surface area (Å²) in [5.41, 5.74) is 3.07. The van der Waals surface area contributed by atoms with Gasteiger partial charge >= 0.3 is 6.09 Å². The van der Waals surface area contributed by atoms with Gasteiger partial charge in [0, 0.05) is 19.2 Å². The van der Waals surface area contributed by atoms with Crippen LogP contribution in [0, 0.1) is 13.8 Å². The minimum Gasteiger partial charge on any atom is -0.444 e. The monoisotopic (exact) mass is 276 g/mol. The summed E-state index contributed by atoms with van der Waals surface area (Å²) in [4.78, 5) is 24.7. The van der Waals surface area contributed by atoms with E-state index in [1.807, 2.05) is 32.0 Å².